The molecule has 0 bridgehead atoms. The zero-order chi connectivity index (χ0) is 14.1. The molecular weight excluding hydrogens is 276 g/mol. The maximum absolute atomic E-state index is 10.7. The molecule has 0 aliphatic heterocycles. The van der Waals surface area contributed by atoms with Crippen molar-refractivity contribution in [1.82, 2.24) is 14.8 Å². The van der Waals surface area contributed by atoms with Gasteiger partial charge in [-0.1, -0.05) is 0 Å². The van der Waals surface area contributed by atoms with Gasteiger partial charge in [0.05, 0.1) is 21.3 Å². The minimum absolute atomic E-state index is 0.0607. The fourth-order valence-corrected chi connectivity index (χ4v) is 2.66. The summed E-state index contributed by atoms with van der Waals surface area (Å²) in [6, 6.07) is 4.72. The van der Waals surface area contributed by atoms with E-state index in [0.717, 1.165) is 15.3 Å². The molecule has 7 heteroatoms. The van der Waals surface area contributed by atoms with Gasteiger partial charge in [-0.3, -0.25) is 14.8 Å². The molecule has 0 aliphatic carbocycles. The number of aryl methyl sites for hydroxylation is 1. The third kappa shape index (κ3) is 2.43. The van der Waals surface area contributed by atoms with E-state index in [1.54, 1.807) is 16.9 Å². The molecule has 20 heavy (non-hydrogen) atoms. The average Bonchev–Trinajstić information content (AvgIpc) is 3.00. The van der Waals surface area contributed by atoms with Gasteiger partial charge in [0.25, 0.3) is 5.69 Å². The lowest BCUT2D eigenvalue weighted by molar-refractivity contribution is -0.384. The molecule has 0 amide bonds. The number of hydrogen-bond donors (Lipinski definition) is 0. The minimum Gasteiger partial charge on any atom is -0.275 e. The molecule has 0 atom stereocenters. The first kappa shape index (κ1) is 12.5. The van der Waals surface area contributed by atoms with Crippen LogP contribution in [-0.4, -0.2) is 19.7 Å². The van der Waals surface area contributed by atoms with Crippen LogP contribution in [0.2, 0.25) is 0 Å². The van der Waals surface area contributed by atoms with E-state index in [0.29, 0.717) is 5.52 Å². The average molecular weight is 286 g/mol. The lowest BCUT2D eigenvalue weighted by atomic mass is 10.3. The Hall–Kier alpha value is -2.54. The predicted molar refractivity (Wildman–Crippen MR) is 78.4 cm³/mol. The van der Waals surface area contributed by atoms with Crippen molar-refractivity contribution in [2.24, 2.45) is 7.05 Å². The zero-order valence-electron chi connectivity index (χ0n) is 10.6. The Morgan fingerprint density at radius 2 is 2.25 bits per heavy atom. The van der Waals surface area contributed by atoms with Crippen molar-refractivity contribution in [3.8, 4) is 0 Å². The molecule has 0 unspecified atom stereocenters. The molecule has 2 aromatic heterocycles. The first-order valence-electron chi connectivity index (χ1n) is 5.83. The molecule has 1 aromatic carbocycles. The number of thiazole rings is 1. The van der Waals surface area contributed by atoms with Gasteiger partial charge in [0, 0.05) is 30.9 Å². The summed E-state index contributed by atoms with van der Waals surface area (Å²) in [6.45, 7) is 0. The van der Waals surface area contributed by atoms with Crippen molar-refractivity contribution in [3.05, 3.63) is 51.3 Å². The summed E-state index contributed by atoms with van der Waals surface area (Å²) in [5, 5.41) is 15.6. The van der Waals surface area contributed by atoms with Crippen LogP contribution in [0.4, 0.5) is 5.69 Å². The van der Waals surface area contributed by atoms with Crippen molar-refractivity contribution in [2.45, 2.75) is 0 Å². The highest BCUT2D eigenvalue weighted by Crippen LogP contribution is 2.26. The molecule has 0 fully saturated rings. The molecule has 0 saturated heterocycles. The smallest absolute Gasteiger partial charge is 0.271 e. The number of nitro groups is 1. The quantitative estimate of drug-likeness (QED) is 0.547. The van der Waals surface area contributed by atoms with Gasteiger partial charge in [0.15, 0.2) is 0 Å². The number of benzene rings is 1. The Morgan fingerprint density at radius 3 is 2.95 bits per heavy atom. The first-order chi connectivity index (χ1) is 9.61. The van der Waals surface area contributed by atoms with Crippen molar-refractivity contribution in [2.75, 3.05) is 0 Å². The monoisotopic (exact) mass is 286 g/mol. The number of fused-ring (bicyclic) bond motifs is 1. The highest BCUT2D eigenvalue weighted by molar-refractivity contribution is 7.19. The van der Waals surface area contributed by atoms with E-state index in [2.05, 4.69) is 10.1 Å². The highest BCUT2D eigenvalue weighted by atomic mass is 32.1. The second-order valence-electron chi connectivity index (χ2n) is 4.24. The lowest BCUT2D eigenvalue weighted by Crippen LogP contribution is -1.86. The molecule has 3 rings (SSSR count). The van der Waals surface area contributed by atoms with Crippen molar-refractivity contribution in [1.29, 1.82) is 0 Å². The Morgan fingerprint density at radius 1 is 1.40 bits per heavy atom. The van der Waals surface area contributed by atoms with Crippen LogP contribution in [0, 0.1) is 10.1 Å². The summed E-state index contributed by atoms with van der Waals surface area (Å²) in [4.78, 5) is 14.7. The van der Waals surface area contributed by atoms with Crippen LogP contribution in [-0.2, 0) is 7.05 Å². The fourth-order valence-electron chi connectivity index (χ4n) is 1.81. The standard InChI is InChI=1S/C13H10N4O2S/c1-16-8-9(7-14-16)2-5-13-15-11-6-10(17(18)19)3-4-12(11)20-13/h2-8H,1H3/b5-2+. The summed E-state index contributed by atoms with van der Waals surface area (Å²) < 4.78 is 2.66. The van der Waals surface area contributed by atoms with Gasteiger partial charge in [0.1, 0.15) is 5.01 Å². The molecule has 6 nitrogen and oxygen atoms in total. The number of hydrogen-bond acceptors (Lipinski definition) is 5. The maximum Gasteiger partial charge on any atom is 0.271 e. The van der Waals surface area contributed by atoms with E-state index in [-0.39, 0.29) is 5.69 Å². The van der Waals surface area contributed by atoms with Gasteiger partial charge in [-0.2, -0.15) is 5.10 Å². The van der Waals surface area contributed by atoms with E-state index in [9.17, 15) is 10.1 Å². The summed E-state index contributed by atoms with van der Waals surface area (Å²) in [7, 11) is 1.86. The fraction of sp³-hybridized carbons (Fsp3) is 0.0769. The third-order valence-electron chi connectivity index (χ3n) is 2.74. The van der Waals surface area contributed by atoms with Crippen molar-refractivity contribution in [3.63, 3.8) is 0 Å². The topological polar surface area (TPSA) is 73.8 Å². The Kier molecular flexibility index (Phi) is 3.03. The molecule has 0 aliphatic rings. The largest absolute Gasteiger partial charge is 0.275 e. The van der Waals surface area contributed by atoms with E-state index in [1.165, 1.54) is 23.5 Å². The van der Waals surface area contributed by atoms with Crippen LogP contribution in [0.5, 0.6) is 0 Å². The van der Waals surface area contributed by atoms with Crippen LogP contribution in [0.1, 0.15) is 10.6 Å². The molecule has 3 aromatic rings. The molecule has 0 spiro atoms. The van der Waals surface area contributed by atoms with E-state index in [1.807, 2.05) is 25.4 Å². The van der Waals surface area contributed by atoms with Crippen LogP contribution >= 0.6 is 11.3 Å². The summed E-state index contributed by atoms with van der Waals surface area (Å²) >= 11 is 1.50. The number of nitrogens with zero attached hydrogens (tertiary/aromatic N) is 4. The highest BCUT2D eigenvalue weighted by Gasteiger charge is 2.09. The molecule has 2 heterocycles. The predicted octanol–water partition coefficient (Wildman–Crippen LogP) is 3.11. The van der Waals surface area contributed by atoms with Gasteiger partial charge in [-0.05, 0) is 18.2 Å². The zero-order valence-corrected chi connectivity index (χ0v) is 11.4. The number of nitro benzene ring substituents is 1. The van der Waals surface area contributed by atoms with E-state index in [4.69, 9.17) is 0 Å². The van der Waals surface area contributed by atoms with Crippen LogP contribution in [0.25, 0.3) is 22.4 Å². The van der Waals surface area contributed by atoms with Gasteiger partial charge >= 0.3 is 0 Å². The third-order valence-corrected chi connectivity index (χ3v) is 3.74. The second kappa shape index (κ2) is 4.86. The van der Waals surface area contributed by atoms with Crippen LogP contribution in [0.3, 0.4) is 0 Å². The van der Waals surface area contributed by atoms with Crippen LogP contribution < -0.4 is 0 Å². The minimum atomic E-state index is -0.413. The summed E-state index contributed by atoms with van der Waals surface area (Å²) in [5.41, 5.74) is 1.69. The molecule has 100 valence electrons. The second-order valence-corrected chi connectivity index (χ2v) is 5.30. The maximum atomic E-state index is 10.7. The number of rotatable bonds is 3. The lowest BCUT2D eigenvalue weighted by Gasteiger charge is -1.89. The molecule has 0 N–H and O–H groups in total. The Bertz CT molecular complexity index is 819. The van der Waals surface area contributed by atoms with Gasteiger partial charge < -0.3 is 0 Å². The first-order valence-corrected chi connectivity index (χ1v) is 6.65. The normalized spacial score (nSPS) is 11.4. The van der Waals surface area contributed by atoms with Gasteiger partial charge in [-0.15, -0.1) is 11.3 Å². The Labute approximate surface area is 118 Å². The van der Waals surface area contributed by atoms with Gasteiger partial charge in [-0.25, -0.2) is 4.98 Å². The van der Waals surface area contributed by atoms with Crippen molar-refractivity contribution >= 4 is 39.4 Å². The summed E-state index contributed by atoms with van der Waals surface area (Å²) in [5.74, 6) is 0. The van der Waals surface area contributed by atoms with Crippen molar-refractivity contribution < 1.29 is 4.92 Å². The van der Waals surface area contributed by atoms with Gasteiger partial charge in [0.2, 0.25) is 0 Å². The summed E-state index contributed by atoms with van der Waals surface area (Å²) in [6.07, 6.45) is 7.45. The number of aromatic nitrogens is 3. The van der Waals surface area contributed by atoms with Crippen LogP contribution in [0.15, 0.2) is 30.6 Å². The SMILES string of the molecule is Cn1cc(/C=C/c2nc3cc([N+](=O)[O-])ccc3s2)cn1. The molecule has 0 saturated carbocycles. The number of non-ortho nitro benzene ring substituents is 1. The van der Waals surface area contributed by atoms with E-state index < -0.39 is 4.92 Å². The Balaban J connectivity index is 1.92. The van der Waals surface area contributed by atoms with E-state index >= 15 is 0 Å². The molecule has 0 radical (unpaired) electrons. The molecular formula is C13H10N4O2S.